The highest BCUT2D eigenvalue weighted by atomic mass is 35.5. The normalized spacial score (nSPS) is 19.3. The topological polar surface area (TPSA) is 30.8 Å². The number of ether oxygens (including phenoxy) is 2. The van der Waals surface area contributed by atoms with E-state index in [1.54, 1.807) is 20.3 Å². The lowest BCUT2D eigenvalue weighted by molar-refractivity contribution is 0.369. The van der Waals surface area contributed by atoms with Crippen LogP contribution in [0.15, 0.2) is 17.1 Å². The fourth-order valence-electron chi connectivity index (χ4n) is 2.19. The lowest BCUT2D eigenvalue weighted by Gasteiger charge is -2.23. The summed E-state index contributed by atoms with van der Waals surface area (Å²) in [5.74, 6) is 1.79. The van der Waals surface area contributed by atoms with Crippen molar-refractivity contribution >= 4 is 29.1 Å². The van der Waals surface area contributed by atoms with E-state index in [4.69, 9.17) is 32.7 Å². The van der Waals surface area contributed by atoms with Gasteiger partial charge in [0.2, 0.25) is 0 Å². The Morgan fingerprint density at radius 1 is 1.22 bits per heavy atom. The van der Waals surface area contributed by atoms with E-state index >= 15 is 0 Å². The molecule has 0 aromatic heterocycles. The van der Waals surface area contributed by atoms with E-state index in [1.165, 1.54) is 0 Å². The molecule has 2 rings (SSSR count). The third kappa shape index (κ3) is 2.57. The zero-order valence-electron chi connectivity index (χ0n) is 10.4. The number of aliphatic imine (C=N–C) groups is 1. The van der Waals surface area contributed by atoms with Crippen molar-refractivity contribution in [2.75, 3.05) is 20.8 Å². The zero-order valence-corrected chi connectivity index (χ0v) is 11.9. The number of hydrogen-bond acceptors (Lipinski definition) is 3. The van der Waals surface area contributed by atoms with Crippen LogP contribution in [0.4, 0.5) is 0 Å². The second kappa shape index (κ2) is 5.81. The molecule has 0 spiro atoms. The number of halogens is 2. The molecule has 1 heterocycles. The number of nitrogens with zero attached hydrogens (tertiary/aromatic N) is 1. The summed E-state index contributed by atoms with van der Waals surface area (Å²) >= 11 is 12.4. The van der Waals surface area contributed by atoms with Gasteiger partial charge in [0.15, 0.2) is 5.90 Å². The van der Waals surface area contributed by atoms with Crippen molar-refractivity contribution < 1.29 is 9.47 Å². The highest BCUT2D eigenvalue weighted by Crippen LogP contribution is 2.40. The molecule has 3 nitrogen and oxygen atoms in total. The molecule has 5 heteroatoms. The average Bonchev–Trinajstić information content (AvgIpc) is 2.42. The lowest BCUT2D eigenvalue weighted by Crippen LogP contribution is -2.16. The standard InChI is InChI=1S/C13H15Cl2NO2/c1-17-10-5-4-9(14)13(15)12(10)8-3-6-11(18-2)16-7-8/h4-5,8H,3,6-7H2,1-2H3. The Balaban J connectivity index is 2.34. The maximum Gasteiger partial charge on any atom is 0.182 e. The molecule has 0 aliphatic carbocycles. The van der Waals surface area contributed by atoms with Crippen molar-refractivity contribution in [3.63, 3.8) is 0 Å². The van der Waals surface area contributed by atoms with Gasteiger partial charge in [0.25, 0.3) is 0 Å². The third-order valence-electron chi connectivity index (χ3n) is 3.15. The molecule has 1 aromatic rings. The van der Waals surface area contributed by atoms with E-state index in [0.29, 0.717) is 16.6 Å². The SMILES string of the molecule is COC1=NCC(c2c(OC)ccc(Cl)c2Cl)CC1. The summed E-state index contributed by atoms with van der Waals surface area (Å²) in [6.45, 7) is 0.652. The second-order valence-electron chi connectivity index (χ2n) is 4.15. The molecule has 0 fully saturated rings. The largest absolute Gasteiger partial charge is 0.496 e. The predicted molar refractivity (Wildman–Crippen MR) is 74.3 cm³/mol. The van der Waals surface area contributed by atoms with Crippen LogP contribution in [-0.4, -0.2) is 26.7 Å². The monoisotopic (exact) mass is 287 g/mol. The van der Waals surface area contributed by atoms with Gasteiger partial charge in [-0.3, -0.25) is 4.99 Å². The number of hydrogen-bond donors (Lipinski definition) is 0. The van der Waals surface area contributed by atoms with Crippen LogP contribution in [0.3, 0.4) is 0 Å². The van der Waals surface area contributed by atoms with Crippen LogP contribution in [-0.2, 0) is 4.74 Å². The molecule has 0 N–H and O–H groups in total. The Hall–Kier alpha value is -0.930. The predicted octanol–water partition coefficient (Wildman–Crippen LogP) is 3.92. The van der Waals surface area contributed by atoms with Crippen molar-refractivity contribution in [1.82, 2.24) is 0 Å². The summed E-state index contributed by atoms with van der Waals surface area (Å²) in [7, 11) is 3.28. The van der Waals surface area contributed by atoms with Gasteiger partial charge < -0.3 is 9.47 Å². The van der Waals surface area contributed by atoms with Gasteiger partial charge in [-0.2, -0.15) is 0 Å². The summed E-state index contributed by atoms with van der Waals surface area (Å²) in [6, 6.07) is 3.60. The summed E-state index contributed by atoms with van der Waals surface area (Å²) in [5, 5.41) is 1.12. The maximum absolute atomic E-state index is 6.29. The highest BCUT2D eigenvalue weighted by molar-refractivity contribution is 6.42. The smallest absolute Gasteiger partial charge is 0.182 e. The van der Waals surface area contributed by atoms with Gasteiger partial charge in [0.05, 0.1) is 24.3 Å². The first-order valence-corrected chi connectivity index (χ1v) is 6.52. The second-order valence-corrected chi connectivity index (χ2v) is 4.94. The van der Waals surface area contributed by atoms with Crippen LogP contribution in [0.5, 0.6) is 5.75 Å². The summed E-state index contributed by atoms with van der Waals surface area (Å²) in [5.41, 5.74) is 0.950. The summed E-state index contributed by atoms with van der Waals surface area (Å²) in [6.07, 6.45) is 1.75. The zero-order chi connectivity index (χ0) is 13.1. The summed E-state index contributed by atoms with van der Waals surface area (Å²) in [4.78, 5) is 4.39. The van der Waals surface area contributed by atoms with E-state index in [2.05, 4.69) is 4.99 Å². The van der Waals surface area contributed by atoms with Crippen molar-refractivity contribution in [2.45, 2.75) is 18.8 Å². The first-order chi connectivity index (χ1) is 8.67. The highest BCUT2D eigenvalue weighted by Gasteiger charge is 2.24. The van der Waals surface area contributed by atoms with Gasteiger partial charge in [0, 0.05) is 24.4 Å². The third-order valence-corrected chi connectivity index (χ3v) is 3.97. The van der Waals surface area contributed by atoms with Gasteiger partial charge >= 0.3 is 0 Å². The van der Waals surface area contributed by atoms with Crippen molar-refractivity contribution in [3.8, 4) is 5.75 Å². The van der Waals surface area contributed by atoms with Crippen LogP contribution in [0.2, 0.25) is 10.0 Å². The molecular weight excluding hydrogens is 273 g/mol. The first kappa shape index (κ1) is 13.5. The quantitative estimate of drug-likeness (QED) is 0.825. The molecule has 0 saturated carbocycles. The number of methoxy groups -OCH3 is 2. The molecule has 18 heavy (non-hydrogen) atoms. The van der Waals surface area contributed by atoms with Gasteiger partial charge in [-0.1, -0.05) is 23.2 Å². The van der Waals surface area contributed by atoms with Crippen LogP contribution in [0.25, 0.3) is 0 Å². The fourth-order valence-corrected chi connectivity index (χ4v) is 2.66. The Morgan fingerprint density at radius 2 is 2.00 bits per heavy atom. The minimum absolute atomic E-state index is 0.227. The van der Waals surface area contributed by atoms with Gasteiger partial charge in [-0.25, -0.2) is 0 Å². The van der Waals surface area contributed by atoms with Crippen molar-refractivity contribution in [3.05, 3.63) is 27.7 Å². The minimum Gasteiger partial charge on any atom is -0.496 e. The van der Waals surface area contributed by atoms with E-state index in [0.717, 1.165) is 30.1 Å². The molecule has 0 bridgehead atoms. The molecule has 0 saturated heterocycles. The number of benzene rings is 1. The average molecular weight is 288 g/mol. The summed E-state index contributed by atoms with van der Waals surface area (Å²) < 4.78 is 10.5. The van der Waals surface area contributed by atoms with E-state index in [1.807, 2.05) is 6.07 Å². The van der Waals surface area contributed by atoms with Crippen molar-refractivity contribution in [1.29, 1.82) is 0 Å². The van der Waals surface area contributed by atoms with Crippen molar-refractivity contribution in [2.24, 2.45) is 4.99 Å². The molecule has 1 aliphatic heterocycles. The Bertz CT molecular complexity index is 474. The lowest BCUT2D eigenvalue weighted by atomic mass is 9.91. The molecule has 1 atom stereocenters. The first-order valence-electron chi connectivity index (χ1n) is 5.76. The van der Waals surface area contributed by atoms with Crippen LogP contribution in [0.1, 0.15) is 24.3 Å². The van der Waals surface area contributed by atoms with E-state index in [9.17, 15) is 0 Å². The van der Waals surface area contributed by atoms with E-state index in [-0.39, 0.29) is 5.92 Å². The minimum atomic E-state index is 0.227. The molecule has 1 unspecified atom stereocenters. The number of rotatable bonds is 2. The van der Waals surface area contributed by atoms with Gasteiger partial charge in [-0.15, -0.1) is 0 Å². The Labute approximate surface area is 117 Å². The van der Waals surface area contributed by atoms with Gasteiger partial charge in [-0.05, 0) is 18.6 Å². The van der Waals surface area contributed by atoms with Crippen LogP contribution < -0.4 is 4.74 Å². The fraction of sp³-hybridized carbons (Fsp3) is 0.462. The molecule has 1 aromatic carbocycles. The molecule has 98 valence electrons. The molecule has 0 radical (unpaired) electrons. The van der Waals surface area contributed by atoms with Crippen LogP contribution in [0, 0.1) is 0 Å². The Kier molecular flexibility index (Phi) is 4.36. The molecular formula is C13H15Cl2NO2. The van der Waals surface area contributed by atoms with Crippen LogP contribution >= 0.6 is 23.2 Å². The van der Waals surface area contributed by atoms with Gasteiger partial charge in [0.1, 0.15) is 5.75 Å². The molecule has 1 aliphatic rings. The maximum atomic E-state index is 6.29. The van der Waals surface area contributed by atoms with E-state index < -0.39 is 0 Å². The Morgan fingerprint density at radius 3 is 2.56 bits per heavy atom. The molecule has 0 amide bonds.